The lowest BCUT2D eigenvalue weighted by molar-refractivity contribution is 0.0928. The standard InChI is InChI=1S/C14H19BrN2O/c1-9-5-6-10(7-12(9)15)14(18)17-13-4-2-3-11(13)8-16/h5-7,11,13H,2-4,8,16H2,1H3,(H,17,18). The summed E-state index contributed by atoms with van der Waals surface area (Å²) in [5, 5.41) is 3.10. The van der Waals surface area contributed by atoms with E-state index in [1.165, 1.54) is 0 Å². The third kappa shape index (κ3) is 2.93. The second-order valence-corrected chi connectivity index (χ2v) is 5.82. The fraction of sp³-hybridized carbons (Fsp3) is 0.500. The zero-order valence-electron chi connectivity index (χ0n) is 10.6. The molecule has 18 heavy (non-hydrogen) atoms. The molecule has 1 fully saturated rings. The van der Waals surface area contributed by atoms with E-state index >= 15 is 0 Å². The summed E-state index contributed by atoms with van der Waals surface area (Å²) in [5.41, 5.74) is 7.56. The van der Waals surface area contributed by atoms with Crippen molar-refractivity contribution >= 4 is 21.8 Å². The molecule has 3 nitrogen and oxygen atoms in total. The van der Waals surface area contributed by atoms with Gasteiger partial charge in [0.25, 0.3) is 5.91 Å². The Morgan fingerprint density at radius 2 is 2.28 bits per heavy atom. The van der Waals surface area contributed by atoms with Crippen LogP contribution in [0.4, 0.5) is 0 Å². The van der Waals surface area contributed by atoms with Crippen molar-refractivity contribution in [2.45, 2.75) is 32.2 Å². The Balaban J connectivity index is 2.05. The summed E-state index contributed by atoms with van der Waals surface area (Å²) in [7, 11) is 0. The van der Waals surface area contributed by atoms with Crippen LogP contribution < -0.4 is 11.1 Å². The molecular weight excluding hydrogens is 292 g/mol. The van der Waals surface area contributed by atoms with Crippen LogP contribution in [0.2, 0.25) is 0 Å². The summed E-state index contributed by atoms with van der Waals surface area (Å²) in [5.74, 6) is 0.434. The molecule has 1 amide bonds. The van der Waals surface area contributed by atoms with E-state index in [4.69, 9.17) is 5.73 Å². The summed E-state index contributed by atoms with van der Waals surface area (Å²) in [6, 6.07) is 5.93. The van der Waals surface area contributed by atoms with Crippen molar-refractivity contribution in [1.82, 2.24) is 5.32 Å². The number of hydrogen-bond acceptors (Lipinski definition) is 2. The molecule has 98 valence electrons. The lowest BCUT2D eigenvalue weighted by atomic mass is 10.0. The third-order valence-corrected chi connectivity index (χ3v) is 4.57. The van der Waals surface area contributed by atoms with E-state index in [1.807, 2.05) is 25.1 Å². The Bertz CT molecular complexity index is 447. The van der Waals surface area contributed by atoms with E-state index < -0.39 is 0 Å². The van der Waals surface area contributed by atoms with Gasteiger partial charge in [0.2, 0.25) is 0 Å². The molecule has 0 saturated heterocycles. The van der Waals surface area contributed by atoms with Crippen molar-refractivity contribution in [3.63, 3.8) is 0 Å². The minimum atomic E-state index is 0.000972. The van der Waals surface area contributed by atoms with Crippen molar-refractivity contribution in [3.8, 4) is 0 Å². The van der Waals surface area contributed by atoms with Gasteiger partial charge in [-0.15, -0.1) is 0 Å². The van der Waals surface area contributed by atoms with Crippen LogP contribution in [0.15, 0.2) is 22.7 Å². The number of nitrogens with two attached hydrogens (primary N) is 1. The molecule has 1 aliphatic rings. The Kier molecular flexibility index (Phi) is 4.40. The number of rotatable bonds is 3. The predicted molar refractivity (Wildman–Crippen MR) is 76.5 cm³/mol. The van der Waals surface area contributed by atoms with E-state index in [0.717, 1.165) is 29.3 Å². The predicted octanol–water partition coefficient (Wildman–Crippen LogP) is 2.61. The second-order valence-electron chi connectivity index (χ2n) is 4.97. The van der Waals surface area contributed by atoms with Gasteiger partial charge >= 0.3 is 0 Å². The molecule has 1 saturated carbocycles. The highest BCUT2D eigenvalue weighted by Gasteiger charge is 2.27. The number of carbonyl (C=O) groups excluding carboxylic acids is 1. The topological polar surface area (TPSA) is 55.1 Å². The third-order valence-electron chi connectivity index (χ3n) is 3.71. The maximum absolute atomic E-state index is 12.2. The zero-order valence-corrected chi connectivity index (χ0v) is 12.2. The van der Waals surface area contributed by atoms with Crippen LogP contribution in [0, 0.1) is 12.8 Å². The van der Waals surface area contributed by atoms with Crippen LogP contribution in [0.1, 0.15) is 35.2 Å². The van der Waals surface area contributed by atoms with Gasteiger partial charge in [0.1, 0.15) is 0 Å². The Labute approximate surface area is 116 Å². The van der Waals surface area contributed by atoms with Crippen molar-refractivity contribution in [2.24, 2.45) is 11.7 Å². The molecule has 2 rings (SSSR count). The highest BCUT2D eigenvalue weighted by molar-refractivity contribution is 9.10. The van der Waals surface area contributed by atoms with E-state index in [2.05, 4.69) is 21.2 Å². The second kappa shape index (κ2) is 5.85. The van der Waals surface area contributed by atoms with Gasteiger partial charge in [-0.05, 0) is 49.9 Å². The molecule has 3 N–H and O–H groups in total. The minimum absolute atomic E-state index is 0.000972. The number of amides is 1. The summed E-state index contributed by atoms with van der Waals surface area (Å²) in [6.45, 7) is 2.66. The van der Waals surface area contributed by atoms with Crippen molar-refractivity contribution in [1.29, 1.82) is 0 Å². The monoisotopic (exact) mass is 310 g/mol. The zero-order chi connectivity index (χ0) is 13.1. The lowest BCUT2D eigenvalue weighted by Gasteiger charge is -2.19. The largest absolute Gasteiger partial charge is 0.349 e. The quantitative estimate of drug-likeness (QED) is 0.901. The summed E-state index contributed by atoms with van der Waals surface area (Å²) < 4.78 is 0.969. The Morgan fingerprint density at radius 3 is 2.94 bits per heavy atom. The summed E-state index contributed by atoms with van der Waals surface area (Å²) >= 11 is 3.45. The Morgan fingerprint density at radius 1 is 1.50 bits per heavy atom. The Hall–Kier alpha value is -0.870. The van der Waals surface area contributed by atoms with E-state index in [-0.39, 0.29) is 11.9 Å². The van der Waals surface area contributed by atoms with Gasteiger partial charge in [-0.25, -0.2) is 0 Å². The van der Waals surface area contributed by atoms with Gasteiger partial charge < -0.3 is 11.1 Å². The number of benzene rings is 1. The maximum Gasteiger partial charge on any atom is 0.251 e. The van der Waals surface area contributed by atoms with Crippen LogP contribution in [-0.2, 0) is 0 Å². The molecule has 1 aliphatic carbocycles. The average molecular weight is 311 g/mol. The van der Waals surface area contributed by atoms with Crippen LogP contribution in [0.3, 0.4) is 0 Å². The molecule has 1 aromatic carbocycles. The van der Waals surface area contributed by atoms with Crippen LogP contribution in [0.5, 0.6) is 0 Å². The molecule has 0 bridgehead atoms. The molecular formula is C14H19BrN2O. The van der Waals surface area contributed by atoms with Gasteiger partial charge in [0.15, 0.2) is 0 Å². The molecule has 4 heteroatoms. The van der Waals surface area contributed by atoms with E-state index in [1.54, 1.807) is 0 Å². The first-order valence-corrected chi connectivity index (χ1v) is 7.18. The van der Waals surface area contributed by atoms with Gasteiger partial charge in [-0.2, -0.15) is 0 Å². The highest BCUT2D eigenvalue weighted by Crippen LogP contribution is 2.25. The maximum atomic E-state index is 12.2. The first-order chi connectivity index (χ1) is 8.61. The molecule has 0 radical (unpaired) electrons. The van der Waals surface area contributed by atoms with Crippen LogP contribution >= 0.6 is 15.9 Å². The molecule has 0 spiro atoms. The highest BCUT2D eigenvalue weighted by atomic mass is 79.9. The fourth-order valence-corrected chi connectivity index (χ4v) is 2.87. The lowest BCUT2D eigenvalue weighted by Crippen LogP contribution is -2.39. The fourth-order valence-electron chi connectivity index (χ4n) is 2.49. The molecule has 0 aliphatic heterocycles. The summed E-state index contributed by atoms with van der Waals surface area (Å²) in [4.78, 5) is 12.2. The molecule has 2 atom stereocenters. The van der Waals surface area contributed by atoms with Crippen molar-refractivity contribution in [2.75, 3.05) is 6.54 Å². The van der Waals surface area contributed by atoms with E-state index in [0.29, 0.717) is 18.0 Å². The number of carbonyl (C=O) groups is 1. The van der Waals surface area contributed by atoms with E-state index in [9.17, 15) is 4.79 Å². The molecule has 0 heterocycles. The number of aryl methyl sites for hydroxylation is 1. The van der Waals surface area contributed by atoms with Gasteiger partial charge in [0.05, 0.1) is 0 Å². The first kappa shape index (κ1) is 13.6. The summed E-state index contributed by atoms with van der Waals surface area (Å²) in [6.07, 6.45) is 3.32. The molecule has 1 aromatic rings. The smallest absolute Gasteiger partial charge is 0.251 e. The number of nitrogens with one attached hydrogen (secondary N) is 1. The molecule has 0 aromatic heterocycles. The first-order valence-electron chi connectivity index (χ1n) is 6.39. The van der Waals surface area contributed by atoms with Crippen LogP contribution in [-0.4, -0.2) is 18.5 Å². The SMILES string of the molecule is Cc1ccc(C(=O)NC2CCCC2CN)cc1Br. The van der Waals surface area contributed by atoms with Gasteiger partial charge in [-0.3, -0.25) is 4.79 Å². The average Bonchev–Trinajstić information content (AvgIpc) is 2.79. The van der Waals surface area contributed by atoms with Gasteiger partial charge in [0, 0.05) is 16.1 Å². The van der Waals surface area contributed by atoms with Gasteiger partial charge in [-0.1, -0.05) is 28.4 Å². The number of hydrogen-bond donors (Lipinski definition) is 2. The van der Waals surface area contributed by atoms with Crippen molar-refractivity contribution in [3.05, 3.63) is 33.8 Å². The molecule has 2 unspecified atom stereocenters. The minimum Gasteiger partial charge on any atom is -0.349 e. The van der Waals surface area contributed by atoms with Crippen LogP contribution in [0.25, 0.3) is 0 Å². The normalized spacial score (nSPS) is 23.1. The number of halogens is 1. The van der Waals surface area contributed by atoms with Crippen molar-refractivity contribution < 1.29 is 4.79 Å².